The molecule has 1 aliphatic heterocycles. The standard InChI is InChI=1S/C10H22N2/c1-5-12-7-6-11-8-9(12)10(2,3)4/h9,11H,5-8H2,1-4H3. The molecule has 1 saturated heterocycles. The Balaban J connectivity index is 2.59. The zero-order chi connectivity index (χ0) is 9.19. The van der Waals surface area contributed by atoms with E-state index in [1.807, 2.05) is 0 Å². The second-order valence-electron chi connectivity index (χ2n) is 4.71. The van der Waals surface area contributed by atoms with Gasteiger partial charge in [0.25, 0.3) is 0 Å². The summed E-state index contributed by atoms with van der Waals surface area (Å²) in [4.78, 5) is 2.58. The van der Waals surface area contributed by atoms with E-state index in [1.165, 1.54) is 13.1 Å². The van der Waals surface area contributed by atoms with Crippen LogP contribution in [-0.2, 0) is 0 Å². The molecule has 0 spiro atoms. The highest BCUT2D eigenvalue weighted by Crippen LogP contribution is 2.24. The zero-order valence-electron chi connectivity index (χ0n) is 8.85. The quantitative estimate of drug-likeness (QED) is 0.638. The molecule has 1 rings (SSSR count). The van der Waals surface area contributed by atoms with E-state index >= 15 is 0 Å². The summed E-state index contributed by atoms with van der Waals surface area (Å²) in [5.74, 6) is 0. The van der Waals surface area contributed by atoms with Crippen molar-refractivity contribution in [2.75, 3.05) is 26.2 Å². The van der Waals surface area contributed by atoms with Crippen molar-refractivity contribution >= 4 is 0 Å². The van der Waals surface area contributed by atoms with Gasteiger partial charge in [-0.05, 0) is 12.0 Å². The van der Waals surface area contributed by atoms with Crippen molar-refractivity contribution in [1.29, 1.82) is 0 Å². The summed E-state index contributed by atoms with van der Waals surface area (Å²) in [6.07, 6.45) is 0. The first-order valence-electron chi connectivity index (χ1n) is 5.00. The minimum absolute atomic E-state index is 0.406. The lowest BCUT2D eigenvalue weighted by Gasteiger charge is -2.43. The molecule has 1 fully saturated rings. The van der Waals surface area contributed by atoms with Crippen LogP contribution in [0.15, 0.2) is 0 Å². The Labute approximate surface area is 76.3 Å². The third-order valence-corrected chi connectivity index (χ3v) is 2.76. The number of piperazine rings is 1. The highest BCUT2D eigenvalue weighted by atomic mass is 15.2. The largest absolute Gasteiger partial charge is 0.314 e. The maximum atomic E-state index is 3.46. The molecule has 2 heteroatoms. The minimum atomic E-state index is 0.406. The van der Waals surface area contributed by atoms with Crippen molar-refractivity contribution in [3.05, 3.63) is 0 Å². The van der Waals surface area contributed by atoms with E-state index in [4.69, 9.17) is 0 Å². The fourth-order valence-electron chi connectivity index (χ4n) is 1.98. The second-order valence-corrected chi connectivity index (χ2v) is 4.71. The Morgan fingerprint density at radius 1 is 1.42 bits per heavy atom. The molecule has 0 aromatic carbocycles. The Morgan fingerprint density at radius 2 is 2.08 bits per heavy atom. The molecule has 1 unspecified atom stereocenters. The summed E-state index contributed by atoms with van der Waals surface area (Å²) < 4.78 is 0. The molecule has 1 aliphatic rings. The van der Waals surface area contributed by atoms with Gasteiger partial charge in [-0.2, -0.15) is 0 Å². The van der Waals surface area contributed by atoms with Crippen LogP contribution in [0.3, 0.4) is 0 Å². The lowest BCUT2D eigenvalue weighted by atomic mass is 9.84. The highest BCUT2D eigenvalue weighted by molar-refractivity contribution is 4.87. The fraction of sp³-hybridized carbons (Fsp3) is 1.00. The number of likely N-dealkylation sites (N-methyl/N-ethyl adjacent to an activating group) is 1. The van der Waals surface area contributed by atoms with Crippen molar-refractivity contribution < 1.29 is 0 Å². The van der Waals surface area contributed by atoms with E-state index in [1.54, 1.807) is 0 Å². The predicted octanol–water partition coefficient (Wildman–Crippen LogP) is 1.33. The molecule has 2 nitrogen and oxygen atoms in total. The smallest absolute Gasteiger partial charge is 0.0269 e. The van der Waals surface area contributed by atoms with Crippen LogP contribution >= 0.6 is 0 Å². The van der Waals surface area contributed by atoms with Gasteiger partial charge in [0.2, 0.25) is 0 Å². The molecule has 0 aliphatic carbocycles. The van der Waals surface area contributed by atoms with Crippen LogP contribution in [-0.4, -0.2) is 37.1 Å². The molecule has 72 valence electrons. The molecule has 1 atom stereocenters. The molecule has 0 saturated carbocycles. The third kappa shape index (κ3) is 2.20. The Bertz CT molecular complexity index is 137. The predicted molar refractivity (Wildman–Crippen MR) is 53.4 cm³/mol. The van der Waals surface area contributed by atoms with E-state index in [0.717, 1.165) is 13.1 Å². The second kappa shape index (κ2) is 3.75. The van der Waals surface area contributed by atoms with Crippen molar-refractivity contribution in [1.82, 2.24) is 10.2 Å². The summed E-state index contributed by atoms with van der Waals surface area (Å²) in [6.45, 7) is 13.9. The van der Waals surface area contributed by atoms with Gasteiger partial charge >= 0.3 is 0 Å². The maximum Gasteiger partial charge on any atom is 0.0269 e. The van der Waals surface area contributed by atoms with Crippen LogP contribution in [0.4, 0.5) is 0 Å². The highest BCUT2D eigenvalue weighted by Gasteiger charge is 2.30. The molecule has 0 aromatic rings. The molecule has 0 radical (unpaired) electrons. The first-order valence-corrected chi connectivity index (χ1v) is 5.00. The van der Waals surface area contributed by atoms with E-state index < -0.39 is 0 Å². The lowest BCUT2D eigenvalue weighted by Crippen LogP contribution is -2.56. The molecule has 1 heterocycles. The lowest BCUT2D eigenvalue weighted by molar-refractivity contribution is 0.0807. The molecule has 0 aromatic heterocycles. The topological polar surface area (TPSA) is 15.3 Å². The number of nitrogens with one attached hydrogen (secondary N) is 1. The van der Waals surface area contributed by atoms with Gasteiger partial charge in [-0.25, -0.2) is 0 Å². The average molecular weight is 170 g/mol. The Kier molecular flexibility index (Phi) is 3.13. The summed E-state index contributed by atoms with van der Waals surface area (Å²) in [7, 11) is 0. The van der Waals surface area contributed by atoms with Crippen LogP contribution in [0.5, 0.6) is 0 Å². The van der Waals surface area contributed by atoms with Crippen LogP contribution in [0.2, 0.25) is 0 Å². The average Bonchev–Trinajstić information content (AvgIpc) is 2.03. The van der Waals surface area contributed by atoms with Gasteiger partial charge in [0.05, 0.1) is 0 Å². The van der Waals surface area contributed by atoms with Gasteiger partial charge in [0, 0.05) is 25.7 Å². The first-order chi connectivity index (χ1) is 5.55. The molecular weight excluding hydrogens is 148 g/mol. The number of hydrogen-bond donors (Lipinski definition) is 1. The van der Waals surface area contributed by atoms with Gasteiger partial charge in [0.15, 0.2) is 0 Å². The Morgan fingerprint density at radius 3 is 2.50 bits per heavy atom. The fourth-order valence-corrected chi connectivity index (χ4v) is 1.98. The van der Waals surface area contributed by atoms with Crippen molar-refractivity contribution in [3.63, 3.8) is 0 Å². The van der Waals surface area contributed by atoms with Crippen LogP contribution in [0.1, 0.15) is 27.7 Å². The molecule has 0 amide bonds. The number of nitrogens with zero attached hydrogens (tertiary/aromatic N) is 1. The normalized spacial score (nSPS) is 27.5. The van der Waals surface area contributed by atoms with Crippen molar-refractivity contribution in [2.45, 2.75) is 33.7 Å². The number of hydrogen-bond acceptors (Lipinski definition) is 2. The van der Waals surface area contributed by atoms with Crippen LogP contribution in [0, 0.1) is 5.41 Å². The molecule has 1 N–H and O–H groups in total. The SMILES string of the molecule is CCN1CCNCC1C(C)(C)C. The molecular formula is C10H22N2. The van der Waals surface area contributed by atoms with Crippen LogP contribution in [0.25, 0.3) is 0 Å². The van der Waals surface area contributed by atoms with E-state index in [9.17, 15) is 0 Å². The monoisotopic (exact) mass is 170 g/mol. The van der Waals surface area contributed by atoms with Crippen molar-refractivity contribution in [3.8, 4) is 0 Å². The van der Waals surface area contributed by atoms with E-state index in [0.29, 0.717) is 11.5 Å². The first kappa shape index (κ1) is 10.0. The van der Waals surface area contributed by atoms with E-state index in [2.05, 4.69) is 37.9 Å². The van der Waals surface area contributed by atoms with E-state index in [-0.39, 0.29) is 0 Å². The summed E-state index contributed by atoms with van der Waals surface area (Å²) in [6, 6.07) is 0.705. The van der Waals surface area contributed by atoms with Gasteiger partial charge in [-0.15, -0.1) is 0 Å². The summed E-state index contributed by atoms with van der Waals surface area (Å²) in [5.41, 5.74) is 0.406. The third-order valence-electron chi connectivity index (χ3n) is 2.76. The van der Waals surface area contributed by atoms with Crippen molar-refractivity contribution in [2.24, 2.45) is 5.41 Å². The van der Waals surface area contributed by atoms with Gasteiger partial charge < -0.3 is 5.32 Å². The zero-order valence-corrected chi connectivity index (χ0v) is 8.85. The Hall–Kier alpha value is -0.0800. The van der Waals surface area contributed by atoms with Crippen LogP contribution < -0.4 is 5.32 Å². The maximum absolute atomic E-state index is 3.46. The molecule has 12 heavy (non-hydrogen) atoms. The van der Waals surface area contributed by atoms with Gasteiger partial charge in [0.1, 0.15) is 0 Å². The minimum Gasteiger partial charge on any atom is -0.314 e. The van der Waals surface area contributed by atoms with Gasteiger partial charge in [-0.1, -0.05) is 27.7 Å². The number of rotatable bonds is 1. The summed E-state index contributed by atoms with van der Waals surface area (Å²) in [5, 5.41) is 3.46. The molecule has 0 bridgehead atoms. The van der Waals surface area contributed by atoms with Gasteiger partial charge in [-0.3, -0.25) is 4.90 Å². The summed E-state index contributed by atoms with van der Waals surface area (Å²) >= 11 is 0.